The van der Waals surface area contributed by atoms with Gasteiger partial charge in [-0.3, -0.25) is 4.90 Å². The lowest BCUT2D eigenvalue weighted by atomic mass is 9.70. The molecule has 0 saturated carbocycles. The molecule has 1 aliphatic rings. The van der Waals surface area contributed by atoms with Crippen LogP contribution in [0.4, 0.5) is 0 Å². The third-order valence-corrected chi connectivity index (χ3v) is 5.48. The smallest absolute Gasteiger partial charge is 0.173 e. The van der Waals surface area contributed by atoms with Gasteiger partial charge in [-0.25, -0.2) is 0 Å². The van der Waals surface area contributed by atoms with Gasteiger partial charge in [0.15, 0.2) is 9.87 Å². The molecule has 0 bridgehead atoms. The first kappa shape index (κ1) is 16.3. The quantitative estimate of drug-likeness (QED) is 0.729. The molecule has 2 aromatic rings. The first-order chi connectivity index (χ1) is 11.0. The van der Waals surface area contributed by atoms with Gasteiger partial charge in [0.05, 0.1) is 12.1 Å². The molecule has 0 unspecified atom stereocenters. The SMILES string of the molecule is CC(C)N1[C@@H](c2ccccc2)C(Cl)(Cl)[C@@]1(C#N)c1ccccc1. The third-order valence-electron chi connectivity index (χ3n) is 4.52. The fourth-order valence-corrected chi connectivity index (χ4v) is 4.54. The Hall–Kier alpha value is -1.53. The Labute approximate surface area is 147 Å². The van der Waals surface area contributed by atoms with E-state index in [2.05, 4.69) is 24.8 Å². The first-order valence-corrected chi connectivity index (χ1v) is 8.40. The average molecular weight is 345 g/mol. The van der Waals surface area contributed by atoms with Gasteiger partial charge in [-0.05, 0) is 25.0 Å². The molecule has 2 aromatic carbocycles. The topological polar surface area (TPSA) is 27.0 Å². The molecule has 1 saturated heterocycles. The van der Waals surface area contributed by atoms with Crippen molar-refractivity contribution in [2.24, 2.45) is 0 Å². The van der Waals surface area contributed by atoms with Crippen LogP contribution < -0.4 is 0 Å². The summed E-state index contributed by atoms with van der Waals surface area (Å²) in [6, 6.07) is 21.8. The van der Waals surface area contributed by atoms with Gasteiger partial charge in [-0.1, -0.05) is 83.9 Å². The van der Waals surface area contributed by atoms with Crippen molar-refractivity contribution in [2.75, 3.05) is 0 Å². The predicted octanol–water partition coefficient (Wildman–Crippen LogP) is 5.04. The number of alkyl halides is 2. The van der Waals surface area contributed by atoms with Gasteiger partial charge < -0.3 is 0 Å². The van der Waals surface area contributed by atoms with Crippen LogP contribution in [0.15, 0.2) is 60.7 Å². The maximum atomic E-state index is 10.0. The number of hydrogen-bond donors (Lipinski definition) is 0. The standard InChI is InChI=1S/C19H18Cl2N2/c1-14(2)23-17(15-9-5-3-6-10-15)19(20,21)18(23,13-22)16-11-7-4-8-12-16/h3-12,14,17H,1-2H3/t17-,18+/m0/s1. The summed E-state index contributed by atoms with van der Waals surface area (Å²) in [5, 5.41) is 10.0. The number of halogens is 2. The number of hydrogen-bond acceptors (Lipinski definition) is 2. The van der Waals surface area contributed by atoms with Crippen LogP contribution in [0.5, 0.6) is 0 Å². The van der Waals surface area contributed by atoms with Crippen LogP contribution >= 0.6 is 23.2 Å². The van der Waals surface area contributed by atoms with Gasteiger partial charge in [-0.15, -0.1) is 0 Å². The summed E-state index contributed by atoms with van der Waals surface area (Å²) in [4.78, 5) is 2.11. The van der Waals surface area contributed by atoms with Gasteiger partial charge in [0.2, 0.25) is 0 Å². The van der Waals surface area contributed by atoms with Crippen molar-refractivity contribution in [3.05, 3.63) is 71.8 Å². The van der Waals surface area contributed by atoms with Gasteiger partial charge in [0.1, 0.15) is 0 Å². The van der Waals surface area contributed by atoms with E-state index in [1.807, 2.05) is 60.7 Å². The van der Waals surface area contributed by atoms with Crippen LogP contribution in [0.3, 0.4) is 0 Å². The molecule has 4 heteroatoms. The molecular formula is C19H18Cl2N2. The van der Waals surface area contributed by atoms with Gasteiger partial charge in [0, 0.05) is 6.04 Å². The Morgan fingerprint density at radius 2 is 1.52 bits per heavy atom. The predicted molar refractivity (Wildman–Crippen MR) is 94.3 cm³/mol. The van der Waals surface area contributed by atoms with Crippen LogP contribution in [0.1, 0.15) is 31.0 Å². The van der Waals surface area contributed by atoms with E-state index in [1.54, 1.807) is 0 Å². The van der Waals surface area contributed by atoms with E-state index in [0.717, 1.165) is 11.1 Å². The minimum atomic E-state index is -1.23. The molecule has 2 nitrogen and oxygen atoms in total. The fraction of sp³-hybridized carbons (Fsp3) is 0.316. The fourth-order valence-electron chi connectivity index (χ4n) is 3.58. The Morgan fingerprint density at radius 1 is 1.00 bits per heavy atom. The van der Waals surface area contributed by atoms with Crippen molar-refractivity contribution in [3.63, 3.8) is 0 Å². The highest BCUT2D eigenvalue weighted by Gasteiger charge is 2.72. The Bertz CT molecular complexity index is 722. The molecule has 0 radical (unpaired) electrons. The number of benzene rings is 2. The van der Waals surface area contributed by atoms with Gasteiger partial charge in [-0.2, -0.15) is 5.26 Å². The van der Waals surface area contributed by atoms with E-state index in [9.17, 15) is 5.26 Å². The zero-order valence-electron chi connectivity index (χ0n) is 13.1. The number of nitrogens with zero attached hydrogens (tertiary/aromatic N) is 2. The minimum Gasteiger partial charge on any atom is -0.266 e. The zero-order valence-corrected chi connectivity index (χ0v) is 14.6. The van der Waals surface area contributed by atoms with Crippen molar-refractivity contribution in [1.82, 2.24) is 4.90 Å². The van der Waals surface area contributed by atoms with Crippen LogP contribution in [0.2, 0.25) is 0 Å². The molecule has 1 fully saturated rings. The highest BCUT2D eigenvalue weighted by molar-refractivity contribution is 6.51. The molecule has 0 spiro atoms. The van der Waals surface area contributed by atoms with Gasteiger partial charge >= 0.3 is 0 Å². The first-order valence-electron chi connectivity index (χ1n) is 7.64. The number of nitriles is 1. The lowest BCUT2D eigenvalue weighted by Crippen LogP contribution is -2.74. The summed E-state index contributed by atoms with van der Waals surface area (Å²) < 4.78 is -1.23. The second-order valence-corrected chi connectivity index (χ2v) is 7.51. The largest absolute Gasteiger partial charge is 0.266 e. The molecule has 2 atom stereocenters. The van der Waals surface area contributed by atoms with E-state index in [1.165, 1.54) is 0 Å². The molecule has 1 heterocycles. The maximum absolute atomic E-state index is 10.0. The second-order valence-electron chi connectivity index (χ2n) is 6.13. The lowest BCUT2D eigenvalue weighted by Gasteiger charge is -2.64. The van der Waals surface area contributed by atoms with Crippen LogP contribution in [-0.4, -0.2) is 15.3 Å². The molecule has 23 heavy (non-hydrogen) atoms. The lowest BCUT2D eigenvalue weighted by molar-refractivity contribution is -0.0804. The Morgan fingerprint density at radius 3 is 2.00 bits per heavy atom. The van der Waals surface area contributed by atoms with Crippen molar-refractivity contribution >= 4 is 23.2 Å². The molecule has 0 aliphatic carbocycles. The Balaban J connectivity index is 2.17. The van der Waals surface area contributed by atoms with Crippen LogP contribution in [-0.2, 0) is 5.54 Å². The number of rotatable bonds is 3. The summed E-state index contributed by atoms with van der Waals surface area (Å²) in [5.74, 6) is 0. The zero-order chi connectivity index (χ0) is 16.7. The van der Waals surface area contributed by atoms with Crippen LogP contribution in [0, 0.1) is 11.3 Å². The summed E-state index contributed by atoms with van der Waals surface area (Å²) >= 11 is 13.6. The Kier molecular flexibility index (Phi) is 4.14. The molecule has 0 amide bonds. The highest BCUT2D eigenvalue weighted by atomic mass is 35.5. The van der Waals surface area contributed by atoms with Crippen molar-refractivity contribution in [2.45, 2.75) is 35.8 Å². The molecule has 3 rings (SSSR count). The normalized spacial score (nSPS) is 26.5. The third kappa shape index (κ3) is 2.19. The maximum Gasteiger partial charge on any atom is 0.173 e. The van der Waals surface area contributed by atoms with E-state index < -0.39 is 9.87 Å². The summed E-state index contributed by atoms with van der Waals surface area (Å²) in [5.41, 5.74) is 0.785. The average Bonchev–Trinajstić information content (AvgIpc) is 2.55. The van der Waals surface area contributed by atoms with E-state index in [-0.39, 0.29) is 12.1 Å². The van der Waals surface area contributed by atoms with E-state index >= 15 is 0 Å². The molecule has 0 N–H and O–H groups in total. The molecule has 1 aliphatic heterocycles. The molecule has 118 valence electrons. The second kappa shape index (κ2) is 5.83. The van der Waals surface area contributed by atoms with Gasteiger partial charge in [0.25, 0.3) is 0 Å². The summed E-state index contributed by atoms with van der Waals surface area (Å²) in [6.07, 6.45) is 0. The summed E-state index contributed by atoms with van der Waals surface area (Å²) in [7, 11) is 0. The molecule has 0 aromatic heterocycles. The molecular weight excluding hydrogens is 327 g/mol. The van der Waals surface area contributed by atoms with E-state index in [4.69, 9.17) is 23.2 Å². The van der Waals surface area contributed by atoms with E-state index in [0.29, 0.717) is 0 Å². The highest BCUT2D eigenvalue weighted by Crippen LogP contribution is 2.65. The monoisotopic (exact) mass is 344 g/mol. The number of likely N-dealkylation sites (tertiary alicyclic amines) is 1. The van der Waals surface area contributed by atoms with Crippen LogP contribution in [0.25, 0.3) is 0 Å². The van der Waals surface area contributed by atoms with Crippen molar-refractivity contribution in [1.29, 1.82) is 5.26 Å². The summed E-state index contributed by atoms with van der Waals surface area (Å²) in [6.45, 7) is 4.13. The minimum absolute atomic E-state index is 0.116. The van der Waals surface area contributed by atoms with Crippen molar-refractivity contribution in [3.8, 4) is 6.07 Å². The van der Waals surface area contributed by atoms with Crippen molar-refractivity contribution < 1.29 is 0 Å².